The number of phenols is 1. The molecule has 1 N–H and O–H groups in total. The maximum absolute atomic E-state index is 15.3. The molecule has 14 nitrogen and oxygen atoms in total. The standard InChI is InChI=1S/C34H21BrCl2F5N5O9/c1-43(2)27-17(46(53)54)8-12(9-18(27)47(55)56)44-29(49)14-5-4-13-16(20(14)30(44)50)10-33(36)31(51)45(28-25(41)23(39)22(38)24(40)26(28)42)32(52)34(33,37)21(13)15-7-11(35)3-6-19(15)48/h3-4,6-9,14,16,20-21,48H,5,10H2,1-2H3. The molecule has 2 saturated heterocycles. The Bertz CT molecular complexity index is 2380. The highest BCUT2D eigenvalue weighted by Gasteiger charge is 2.77. The highest BCUT2D eigenvalue weighted by Crippen LogP contribution is 2.67. The van der Waals surface area contributed by atoms with Gasteiger partial charge in [-0.2, -0.15) is 0 Å². The number of nitro groups is 2. The Kier molecular flexibility index (Phi) is 9.01. The molecule has 292 valence electrons. The molecule has 22 heteroatoms. The van der Waals surface area contributed by atoms with Gasteiger partial charge in [-0.3, -0.25) is 39.4 Å². The molecule has 3 aromatic carbocycles. The van der Waals surface area contributed by atoms with Crippen molar-refractivity contribution < 1.29 is 56.1 Å². The number of rotatable bonds is 6. The number of aromatic hydroxyl groups is 1. The van der Waals surface area contributed by atoms with E-state index >= 15 is 8.78 Å². The largest absolute Gasteiger partial charge is 0.508 e. The molecule has 1 saturated carbocycles. The first kappa shape index (κ1) is 39.0. The lowest BCUT2D eigenvalue weighted by Gasteiger charge is -2.50. The van der Waals surface area contributed by atoms with E-state index in [0.717, 1.165) is 23.1 Å². The molecule has 2 aliphatic carbocycles. The van der Waals surface area contributed by atoms with Crippen LogP contribution in [0.5, 0.6) is 5.75 Å². The van der Waals surface area contributed by atoms with Gasteiger partial charge in [0.2, 0.25) is 17.6 Å². The van der Waals surface area contributed by atoms with Crippen LogP contribution >= 0.6 is 39.1 Å². The zero-order chi connectivity index (χ0) is 41.2. The first-order valence-electron chi connectivity index (χ1n) is 16.1. The number of nitro benzene ring substituents is 2. The van der Waals surface area contributed by atoms with Crippen LogP contribution in [0.1, 0.15) is 24.3 Å². The number of hydrogen-bond donors (Lipinski definition) is 1. The number of anilines is 3. The number of phenolic OH excluding ortho intramolecular Hbond substituents is 1. The number of imide groups is 2. The van der Waals surface area contributed by atoms with Crippen LogP contribution in [0.25, 0.3) is 0 Å². The first-order valence-corrected chi connectivity index (χ1v) is 17.6. The van der Waals surface area contributed by atoms with E-state index in [9.17, 15) is 57.7 Å². The van der Waals surface area contributed by atoms with Gasteiger partial charge >= 0.3 is 11.4 Å². The van der Waals surface area contributed by atoms with E-state index < -0.39 is 137 Å². The minimum Gasteiger partial charge on any atom is -0.508 e. The van der Waals surface area contributed by atoms with Crippen molar-refractivity contribution in [3.05, 3.63) is 101 Å². The molecule has 3 aromatic rings. The number of allylic oxidation sites excluding steroid dienone is 2. The Labute approximate surface area is 328 Å². The van der Waals surface area contributed by atoms with Gasteiger partial charge in [0.1, 0.15) is 11.4 Å². The summed E-state index contributed by atoms with van der Waals surface area (Å²) >= 11 is 17.4. The average Bonchev–Trinajstić information content (AvgIpc) is 3.48. The molecule has 2 heterocycles. The first-order chi connectivity index (χ1) is 26.1. The number of fused-ring (bicyclic) bond motifs is 4. The lowest BCUT2D eigenvalue weighted by molar-refractivity contribution is -0.392. The van der Waals surface area contributed by atoms with Crippen molar-refractivity contribution >= 4 is 91.2 Å². The molecular weight excluding hydrogens is 868 g/mol. The number of alkyl halides is 2. The Balaban J connectivity index is 1.43. The molecule has 3 fully saturated rings. The topological polar surface area (TPSA) is 185 Å². The zero-order valence-electron chi connectivity index (χ0n) is 28.2. The molecule has 0 bridgehead atoms. The van der Waals surface area contributed by atoms with Gasteiger partial charge in [0.15, 0.2) is 38.7 Å². The van der Waals surface area contributed by atoms with Gasteiger partial charge in [-0.1, -0.05) is 27.6 Å². The predicted molar refractivity (Wildman–Crippen MR) is 189 cm³/mol. The van der Waals surface area contributed by atoms with Crippen molar-refractivity contribution in [2.45, 2.75) is 28.5 Å². The number of amides is 4. The minimum atomic E-state index is -2.91. The van der Waals surface area contributed by atoms with E-state index in [1.54, 1.807) is 0 Å². The number of carbonyl (C=O) groups excluding carboxylic acids is 4. The Morgan fingerprint density at radius 1 is 0.839 bits per heavy atom. The smallest absolute Gasteiger partial charge is 0.301 e. The van der Waals surface area contributed by atoms with Gasteiger partial charge in [0.25, 0.3) is 11.8 Å². The summed E-state index contributed by atoms with van der Waals surface area (Å²) in [6.45, 7) is 0. The molecule has 56 heavy (non-hydrogen) atoms. The van der Waals surface area contributed by atoms with Crippen molar-refractivity contribution in [1.82, 2.24) is 0 Å². The third-order valence-corrected chi connectivity index (χ3v) is 12.6. The second kappa shape index (κ2) is 12.9. The summed E-state index contributed by atoms with van der Waals surface area (Å²) in [7, 11) is 2.60. The van der Waals surface area contributed by atoms with Crippen molar-refractivity contribution in [3.63, 3.8) is 0 Å². The summed E-state index contributed by atoms with van der Waals surface area (Å²) in [5.74, 6) is -24.9. The molecule has 4 aliphatic rings. The van der Waals surface area contributed by atoms with Gasteiger partial charge < -0.3 is 10.0 Å². The number of halogens is 8. The van der Waals surface area contributed by atoms with E-state index in [1.165, 1.54) is 32.3 Å². The molecule has 7 rings (SSSR count). The van der Waals surface area contributed by atoms with Gasteiger partial charge in [-0.05, 0) is 37.0 Å². The third kappa shape index (κ3) is 5.03. The van der Waals surface area contributed by atoms with Crippen LogP contribution in [0.4, 0.5) is 50.4 Å². The van der Waals surface area contributed by atoms with Crippen LogP contribution in [0.15, 0.2) is 46.5 Å². The molecular formula is C34H21BrCl2F5N5O9. The fourth-order valence-corrected chi connectivity index (χ4v) is 9.68. The van der Waals surface area contributed by atoms with Crippen molar-refractivity contribution in [2.24, 2.45) is 17.8 Å². The molecule has 0 aromatic heterocycles. The molecule has 0 radical (unpaired) electrons. The van der Waals surface area contributed by atoms with E-state index in [2.05, 4.69) is 15.9 Å². The number of carbonyl (C=O) groups is 4. The van der Waals surface area contributed by atoms with Crippen LogP contribution in [0.3, 0.4) is 0 Å². The second-order valence-electron chi connectivity index (χ2n) is 13.6. The second-order valence-corrected chi connectivity index (χ2v) is 15.8. The van der Waals surface area contributed by atoms with E-state index in [0.29, 0.717) is 4.90 Å². The number of hydrogen-bond acceptors (Lipinski definition) is 10. The fourth-order valence-electron chi connectivity index (χ4n) is 8.38. The van der Waals surface area contributed by atoms with E-state index in [-0.39, 0.29) is 26.9 Å². The van der Waals surface area contributed by atoms with Gasteiger partial charge in [-0.15, -0.1) is 23.2 Å². The molecule has 0 spiro atoms. The molecule has 6 atom stereocenters. The van der Waals surface area contributed by atoms with Crippen LogP contribution in [0.2, 0.25) is 0 Å². The molecule has 2 aliphatic heterocycles. The average molecular weight is 889 g/mol. The van der Waals surface area contributed by atoms with Gasteiger partial charge in [-0.25, -0.2) is 31.8 Å². The maximum atomic E-state index is 15.3. The van der Waals surface area contributed by atoms with Gasteiger partial charge in [0, 0.05) is 42.2 Å². The summed E-state index contributed by atoms with van der Waals surface area (Å²) in [6.07, 6.45) is 0.180. The highest BCUT2D eigenvalue weighted by molar-refractivity contribution is 9.10. The maximum Gasteiger partial charge on any atom is 0.301 e. The Morgan fingerprint density at radius 3 is 1.93 bits per heavy atom. The fraction of sp³-hybridized carbons (Fsp3) is 0.294. The van der Waals surface area contributed by atoms with E-state index in [1.807, 2.05) is 0 Å². The van der Waals surface area contributed by atoms with Crippen molar-refractivity contribution in [1.29, 1.82) is 0 Å². The zero-order valence-corrected chi connectivity index (χ0v) is 31.3. The summed E-state index contributed by atoms with van der Waals surface area (Å²) in [6, 6.07) is 5.33. The van der Waals surface area contributed by atoms with Crippen LogP contribution in [0, 0.1) is 67.1 Å². The minimum absolute atomic E-state index is 0.00857. The van der Waals surface area contributed by atoms with E-state index in [4.69, 9.17) is 23.2 Å². The number of benzene rings is 3. The third-order valence-electron chi connectivity index (χ3n) is 10.7. The highest BCUT2D eigenvalue weighted by atomic mass is 79.9. The van der Waals surface area contributed by atoms with Gasteiger partial charge in [0.05, 0.1) is 27.4 Å². The number of nitrogens with zero attached hydrogens (tertiary/aromatic N) is 5. The van der Waals surface area contributed by atoms with Crippen LogP contribution < -0.4 is 14.7 Å². The molecule has 6 unspecified atom stereocenters. The summed E-state index contributed by atoms with van der Waals surface area (Å²) in [4.78, 5) is 75.0. The summed E-state index contributed by atoms with van der Waals surface area (Å²) in [5, 5.41) is 35.3. The molecule has 4 amide bonds. The van der Waals surface area contributed by atoms with Crippen molar-refractivity contribution in [2.75, 3.05) is 28.8 Å². The monoisotopic (exact) mass is 887 g/mol. The van der Waals surface area contributed by atoms with Crippen molar-refractivity contribution in [3.8, 4) is 5.75 Å². The summed E-state index contributed by atoms with van der Waals surface area (Å²) in [5.41, 5.74) is -4.87. The normalized spacial score (nSPS) is 26.9. The van der Waals surface area contributed by atoms with Crippen LogP contribution in [-0.4, -0.2) is 62.4 Å². The van der Waals surface area contributed by atoms with Crippen LogP contribution in [-0.2, 0) is 19.2 Å². The summed E-state index contributed by atoms with van der Waals surface area (Å²) < 4.78 is 73.8. The predicted octanol–water partition coefficient (Wildman–Crippen LogP) is 6.50. The Hall–Kier alpha value is -5.21. The lowest BCUT2D eigenvalue weighted by Crippen LogP contribution is -2.60. The SMILES string of the molecule is CN(C)c1c([N+](=O)[O-])cc(N2C(=O)C3CC=C4C(CC5(Cl)C(=O)N(c6c(F)c(F)c(F)c(F)c6F)C(=O)C5(Cl)C4c4cc(Br)ccc4O)C3C2=O)cc1[N+](=O)[O-]. The lowest BCUT2D eigenvalue weighted by atomic mass is 9.56. The quantitative estimate of drug-likeness (QED) is 0.0419. The Morgan fingerprint density at radius 2 is 1.39 bits per heavy atom.